The normalized spacial score (nSPS) is 12.1. The summed E-state index contributed by atoms with van der Waals surface area (Å²) in [5, 5.41) is 1.40. The van der Waals surface area contributed by atoms with Gasteiger partial charge in [0.15, 0.2) is 0 Å². The van der Waals surface area contributed by atoms with Gasteiger partial charge in [-0.2, -0.15) is 0 Å². The van der Waals surface area contributed by atoms with Gasteiger partial charge in [0.25, 0.3) is 0 Å². The Bertz CT molecular complexity index is 330. The van der Waals surface area contributed by atoms with Crippen LogP contribution in [0.3, 0.4) is 0 Å². The lowest BCUT2D eigenvalue weighted by Gasteiger charge is -2.15. The predicted octanol–water partition coefficient (Wildman–Crippen LogP) is 3.42. The van der Waals surface area contributed by atoms with E-state index >= 15 is 0 Å². The van der Waals surface area contributed by atoms with Gasteiger partial charge in [0, 0.05) is 16.6 Å². The van der Waals surface area contributed by atoms with Crippen LogP contribution < -0.4 is 11.5 Å². The second kappa shape index (κ2) is 6.79. The van der Waals surface area contributed by atoms with Crippen molar-refractivity contribution >= 4 is 47.2 Å². The summed E-state index contributed by atoms with van der Waals surface area (Å²) < 4.78 is 0. The highest BCUT2D eigenvalue weighted by atomic mass is 35.5. The molecule has 6 heteroatoms. The van der Waals surface area contributed by atoms with E-state index < -0.39 is 0 Å². The van der Waals surface area contributed by atoms with Crippen molar-refractivity contribution in [2.75, 3.05) is 6.54 Å². The summed E-state index contributed by atoms with van der Waals surface area (Å²) in [5.41, 5.74) is 11.9. The Morgan fingerprint density at radius 3 is 2.20 bits per heavy atom. The molecule has 1 aromatic carbocycles. The Morgan fingerprint density at radius 1 is 1.13 bits per heavy atom. The molecule has 2 nitrogen and oxygen atoms in total. The third-order valence-corrected chi connectivity index (χ3v) is 3.08. The first-order valence-corrected chi connectivity index (χ1v) is 5.30. The summed E-state index contributed by atoms with van der Waals surface area (Å²) in [6.07, 6.45) is 0.625. The number of hydrogen-bond donors (Lipinski definition) is 2. The zero-order chi connectivity index (χ0) is 10.7. The summed E-state index contributed by atoms with van der Waals surface area (Å²) in [7, 11) is 0. The van der Waals surface area contributed by atoms with Gasteiger partial charge in [-0.15, -0.1) is 12.4 Å². The van der Waals surface area contributed by atoms with Crippen LogP contribution in [0.5, 0.6) is 0 Å². The minimum Gasteiger partial charge on any atom is -0.330 e. The largest absolute Gasteiger partial charge is 0.330 e. The Balaban J connectivity index is 0.00000196. The van der Waals surface area contributed by atoms with E-state index in [1.807, 2.05) is 0 Å². The van der Waals surface area contributed by atoms with Crippen LogP contribution in [0.1, 0.15) is 18.0 Å². The van der Waals surface area contributed by atoms with E-state index in [1.54, 1.807) is 12.1 Å². The van der Waals surface area contributed by atoms with Crippen molar-refractivity contribution in [2.24, 2.45) is 11.5 Å². The maximum Gasteiger partial charge on any atom is 0.0654 e. The smallest absolute Gasteiger partial charge is 0.0654 e. The van der Waals surface area contributed by atoms with Crippen molar-refractivity contribution in [1.29, 1.82) is 0 Å². The van der Waals surface area contributed by atoms with E-state index in [2.05, 4.69) is 0 Å². The molecule has 0 bridgehead atoms. The van der Waals surface area contributed by atoms with Gasteiger partial charge in [0.05, 0.1) is 10.0 Å². The molecule has 0 saturated heterocycles. The maximum absolute atomic E-state index is 5.99. The second-order valence-electron chi connectivity index (χ2n) is 2.94. The standard InChI is InChI=1S/C9H11Cl3N2.ClH/c10-5-1-2-6(11)9(12)8(5)7(14)3-4-13;/h1-2,7H,3-4,13-14H2;1H/t7-;/m1./s1. The lowest BCUT2D eigenvalue weighted by Crippen LogP contribution is -2.16. The summed E-state index contributed by atoms with van der Waals surface area (Å²) in [4.78, 5) is 0. The minimum absolute atomic E-state index is 0. The molecule has 0 aliphatic rings. The fourth-order valence-electron chi connectivity index (χ4n) is 1.21. The van der Waals surface area contributed by atoms with Crippen molar-refractivity contribution in [1.82, 2.24) is 0 Å². The SMILES string of the molecule is Cl.NCC[C@@H](N)c1c(Cl)ccc(Cl)c1Cl. The third kappa shape index (κ3) is 3.66. The molecule has 86 valence electrons. The molecule has 0 fully saturated rings. The van der Waals surface area contributed by atoms with E-state index in [0.717, 1.165) is 0 Å². The summed E-state index contributed by atoms with van der Waals surface area (Å²) in [6.45, 7) is 0.486. The van der Waals surface area contributed by atoms with Crippen LogP contribution in [-0.4, -0.2) is 6.54 Å². The number of benzene rings is 1. The molecule has 0 saturated carbocycles. The molecule has 0 heterocycles. The highest BCUT2D eigenvalue weighted by Gasteiger charge is 2.15. The number of hydrogen-bond acceptors (Lipinski definition) is 2. The Hall–Kier alpha value is 0.300. The topological polar surface area (TPSA) is 52.0 Å². The predicted molar refractivity (Wildman–Crippen MR) is 69.3 cm³/mol. The zero-order valence-corrected chi connectivity index (χ0v) is 10.9. The highest BCUT2D eigenvalue weighted by Crippen LogP contribution is 2.35. The van der Waals surface area contributed by atoms with Crippen LogP contribution in [0.2, 0.25) is 15.1 Å². The van der Waals surface area contributed by atoms with Crippen molar-refractivity contribution < 1.29 is 0 Å². The van der Waals surface area contributed by atoms with E-state index in [9.17, 15) is 0 Å². The first-order valence-electron chi connectivity index (χ1n) is 4.17. The van der Waals surface area contributed by atoms with Crippen molar-refractivity contribution in [2.45, 2.75) is 12.5 Å². The first kappa shape index (κ1) is 15.3. The highest BCUT2D eigenvalue weighted by molar-refractivity contribution is 6.44. The molecule has 15 heavy (non-hydrogen) atoms. The molecule has 0 aromatic heterocycles. The Kier molecular flexibility index (Phi) is 6.93. The molecule has 0 spiro atoms. The van der Waals surface area contributed by atoms with E-state index in [4.69, 9.17) is 46.3 Å². The van der Waals surface area contributed by atoms with Gasteiger partial charge in [-0.05, 0) is 25.1 Å². The molecule has 4 N–H and O–H groups in total. The third-order valence-electron chi connectivity index (χ3n) is 1.93. The average molecular weight is 290 g/mol. The van der Waals surface area contributed by atoms with E-state index in [-0.39, 0.29) is 18.4 Å². The first-order chi connectivity index (χ1) is 6.57. The molecule has 0 aliphatic heterocycles. The van der Waals surface area contributed by atoms with Crippen molar-refractivity contribution in [3.63, 3.8) is 0 Å². The monoisotopic (exact) mass is 288 g/mol. The number of rotatable bonds is 3. The summed E-state index contributed by atoms with van der Waals surface area (Å²) >= 11 is 17.8. The van der Waals surface area contributed by atoms with E-state index in [0.29, 0.717) is 33.6 Å². The molecule has 0 aliphatic carbocycles. The van der Waals surface area contributed by atoms with E-state index in [1.165, 1.54) is 0 Å². The van der Waals surface area contributed by atoms with Gasteiger partial charge in [-0.3, -0.25) is 0 Å². The van der Waals surface area contributed by atoms with Crippen LogP contribution in [0.4, 0.5) is 0 Å². The molecular formula is C9H12Cl4N2. The van der Waals surface area contributed by atoms with Crippen LogP contribution in [-0.2, 0) is 0 Å². The van der Waals surface area contributed by atoms with Crippen LogP contribution in [0, 0.1) is 0 Å². The van der Waals surface area contributed by atoms with Gasteiger partial charge >= 0.3 is 0 Å². The lowest BCUT2D eigenvalue weighted by atomic mass is 10.0. The van der Waals surface area contributed by atoms with Crippen molar-refractivity contribution in [3.8, 4) is 0 Å². The molecule has 1 atom stereocenters. The van der Waals surface area contributed by atoms with Gasteiger partial charge in [0.1, 0.15) is 0 Å². The zero-order valence-electron chi connectivity index (χ0n) is 7.84. The Morgan fingerprint density at radius 2 is 1.67 bits per heavy atom. The molecular weight excluding hydrogens is 278 g/mol. The van der Waals surface area contributed by atoms with Crippen molar-refractivity contribution in [3.05, 3.63) is 32.8 Å². The van der Waals surface area contributed by atoms with Gasteiger partial charge < -0.3 is 11.5 Å². The summed E-state index contributed by atoms with van der Waals surface area (Å²) in [6, 6.07) is 3.06. The molecule has 0 radical (unpaired) electrons. The lowest BCUT2D eigenvalue weighted by molar-refractivity contribution is 0.662. The van der Waals surface area contributed by atoms with Crippen LogP contribution in [0.15, 0.2) is 12.1 Å². The molecule has 1 aromatic rings. The molecule has 0 amide bonds. The van der Waals surface area contributed by atoms with Gasteiger partial charge in [-0.25, -0.2) is 0 Å². The minimum atomic E-state index is -0.265. The quantitative estimate of drug-likeness (QED) is 0.838. The summed E-state index contributed by atoms with van der Waals surface area (Å²) in [5.74, 6) is 0. The van der Waals surface area contributed by atoms with Crippen LogP contribution >= 0.6 is 47.2 Å². The molecule has 1 rings (SSSR count). The van der Waals surface area contributed by atoms with Gasteiger partial charge in [-0.1, -0.05) is 34.8 Å². The maximum atomic E-state index is 5.99. The number of halogens is 4. The average Bonchev–Trinajstić information content (AvgIpc) is 2.13. The number of nitrogens with two attached hydrogens (primary N) is 2. The fourth-order valence-corrected chi connectivity index (χ4v) is 2.02. The second-order valence-corrected chi connectivity index (χ2v) is 4.13. The Labute approximate surface area is 110 Å². The van der Waals surface area contributed by atoms with Gasteiger partial charge in [0.2, 0.25) is 0 Å². The fraction of sp³-hybridized carbons (Fsp3) is 0.333. The molecule has 0 unspecified atom stereocenters. The van der Waals surface area contributed by atoms with Crippen LogP contribution in [0.25, 0.3) is 0 Å².